The van der Waals surface area contributed by atoms with Crippen molar-refractivity contribution >= 4 is 29.2 Å². The largest absolute Gasteiger partial charge is 0.495 e. The van der Waals surface area contributed by atoms with E-state index in [0.717, 1.165) is 0 Å². The molecule has 3 aromatic rings. The smallest absolute Gasteiger partial charge is 0.290 e. The number of aromatic nitrogens is 3. The molecule has 218 valence electrons. The summed E-state index contributed by atoms with van der Waals surface area (Å²) in [7, 11) is 1.48. The topological polar surface area (TPSA) is 147 Å². The second kappa shape index (κ2) is 11.6. The Hall–Kier alpha value is -4.87. The highest BCUT2D eigenvalue weighted by Crippen LogP contribution is 2.43. The molecule has 2 aliphatic rings. The number of ketones is 1. The van der Waals surface area contributed by atoms with Gasteiger partial charge in [0.25, 0.3) is 17.7 Å². The summed E-state index contributed by atoms with van der Waals surface area (Å²) in [6.45, 7) is 7.01. The number of Topliss-reactive ketones (excluding diaryl/α,β-unsaturated/α-hetero) is 1. The molecule has 1 atom stereocenters. The third-order valence-corrected chi connectivity index (χ3v) is 7.15. The molecular formula is C30H33N7O5. The average molecular weight is 572 g/mol. The third-order valence-electron chi connectivity index (χ3n) is 7.15. The van der Waals surface area contributed by atoms with Gasteiger partial charge in [0, 0.05) is 49.4 Å². The number of piperazine rings is 1. The van der Waals surface area contributed by atoms with Crippen molar-refractivity contribution in [3.8, 4) is 17.1 Å². The monoisotopic (exact) mass is 571 g/mol. The van der Waals surface area contributed by atoms with E-state index in [0.29, 0.717) is 47.0 Å². The molecule has 42 heavy (non-hydrogen) atoms. The van der Waals surface area contributed by atoms with Crippen LogP contribution in [0.4, 0.5) is 5.69 Å². The third kappa shape index (κ3) is 5.78. The van der Waals surface area contributed by atoms with Gasteiger partial charge in [0.1, 0.15) is 22.8 Å². The van der Waals surface area contributed by atoms with Crippen molar-refractivity contribution in [2.45, 2.75) is 32.2 Å². The number of carbonyl (C=O) groups excluding carboxylic acids is 4. The molecule has 0 aliphatic carbocycles. The zero-order valence-electron chi connectivity index (χ0n) is 24.0. The zero-order chi connectivity index (χ0) is 30.0. The first-order valence-corrected chi connectivity index (χ1v) is 13.7. The van der Waals surface area contributed by atoms with Crippen LogP contribution in [0.15, 0.2) is 48.9 Å². The number of nitrogens with zero attached hydrogens (tertiary/aromatic N) is 5. The Morgan fingerprint density at radius 1 is 0.929 bits per heavy atom. The van der Waals surface area contributed by atoms with E-state index in [-0.39, 0.29) is 37.1 Å². The van der Waals surface area contributed by atoms with Crippen molar-refractivity contribution in [3.63, 3.8) is 0 Å². The van der Waals surface area contributed by atoms with E-state index in [1.54, 1.807) is 17.0 Å². The van der Waals surface area contributed by atoms with Gasteiger partial charge in [0.2, 0.25) is 5.78 Å². The molecule has 0 radical (unpaired) electrons. The number of pyridine rings is 1. The Kier molecular flexibility index (Phi) is 7.88. The van der Waals surface area contributed by atoms with Gasteiger partial charge in [-0.3, -0.25) is 24.2 Å². The Bertz CT molecular complexity index is 1510. The lowest BCUT2D eigenvalue weighted by atomic mass is 9.94. The van der Waals surface area contributed by atoms with E-state index >= 15 is 0 Å². The normalized spacial score (nSPS) is 16.3. The van der Waals surface area contributed by atoms with Crippen molar-refractivity contribution < 1.29 is 23.9 Å². The van der Waals surface area contributed by atoms with Crippen LogP contribution in [0, 0.1) is 0 Å². The minimum absolute atomic E-state index is 0.0984. The molecule has 4 heterocycles. The van der Waals surface area contributed by atoms with Crippen LogP contribution in [0.2, 0.25) is 0 Å². The molecule has 1 fully saturated rings. The van der Waals surface area contributed by atoms with Gasteiger partial charge in [-0.1, -0.05) is 18.2 Å². The molecule has 2 aromatic heterocycles. The molecule has 0 spiro atoms. The molecule has 5 rings (SSSR count). The van der Waals surface area contributed by atoms with E-state index in [4.69, 9.17) is 4.74 Å². The van der Waals surface area contributed by atoms with E-state index in [1.165, 1.54) is 30.6 Å². The van der Waals surface area contributed by atoms with Crippen LogP contribution >= 0.6 is 0 Å². The number of fused-ring (bicyclic) bond motifs is 1. The molecule has 2 aliphatic heterocycles. The van der Waals surface area contributed by atoms with E-state index in [2.05, 4.69) is 25.6 Å². The van der Waals surface area contributed by atoms with Crippen LogP contribution in [-0.2, 0) is 9.59 Å². The molecule has 1 unspecified atom stereocenters. The van der Waals surface area contributed by atoms with Crippen molar-refractivity contribution in [2.75, 3.05) is 45.2 Å². The Balaban J connectivity index is 1.31. The number of methoxy groups -OCH3 is 1. The zero-order valence-corrected chi connectivity index (χ0v) is 24.0. The summed E-state index contributed by atoms with van der Waals surface area (Å²) < 4.78 is 5.52. The van der Waals surface area contributed by atoms with E-state index in [9.17, 15) is 19.2 Å². The van der Waals surface area contributed by atoms with Gasteiger partial charge in [-0.2, -0.15) is 0 Å². The summed E-state index contributed by atoms with van der Waals surface area (Å²) in [5, 5.41) is 6.05. The van der Waals surface area contributed by atoms with Gasteiger partial charge in [0.05, 0.1) is 37.3 Å². The maximum Gasteiger partial charge on any atom is 0.290 e. The maximum absolute atomic E-state index is 13.5. The van der Waals surface area contributed by atoms with Crippen molar-refractivity contribution in [1.82, 2.24) is 30.1 Å². The minimum Gasteiger partial charge on any atom is -0.495 e. The molecule has 2 N–H and O–H groups in total. The quantitative estimate of drug-likeness (QED) is 0.425. The summed E-state index contributed by atoms with van der Waals surface area (Å²) >= 11 is 0. The lowest BCUT2D eigenvalue weighted by Crippen LogP contribution is -2.52. The number of hydrogen-bond acceptors (Lipinski definition) is 9. The Morgan fingerprint density at radius 2 is 1.62 bits per heavy atom. The SMILES string of the molecule is COc1cnc(-c2cnc(C(=O)NC(C)(C)C)cn2)c2c1C(C(=O)C(=O)N1CCN(C(=O)c3ccccc3)CC1)CN2. The molecule has 12 nitrogen and oxygen atoms in total. The van der Waals surface area contributed by atoms with Gasteiger partial charge in [-0.25, -0.2) is 9.97 Å². The number of rotatable bonds is 6. The highest BCUT2D eigenvalue weighted by Gasteiger charge is 2.40. The number of ether oxygens (including phenoxy) is 1. The molecular weight excluding hydrogens is 538 g/mol. The highest BCUT2D eigenvalue weighted by molar-refractivity contribution is 6.38. The molecule has 1 saturated heterocycles. The minimum atomic E-state index is -0.794. The van der Waals surface area contributed by atoms with Crippen molar-refractivity contribution in [2.24, 2.45) is 0 Å². The van der Waals surface area contributed by atoms with Gasteiger partial charge >= 0.3 is 0 Å². The van der Waals surface area contributed by atoms with Gasteiger partial charge in [0.15, 0.2) is 0 Å². The second-order valence-electron chi connectivity index (χ2n) is 11.2. The number of carbonyl (C=O) groups is 4. The summed E-state index contributed by atoms with van der Waals surface area (Å²) in [5.41, 5.74) is 2.20. The fourth-order valence-electron chi connectivity index (χ4n) is 5.07. The first-order chi connectivity index (χ1) is 20.1. The number of benzene rings is 1. The van der Waals surface area contributed by atoms with E-state index < -0.39 is 23.1 Å². The van der Waals surface area contributed by atoms with Gasteiger partial charge in [-0.15, -0.1) is 0 Å². The Morgan fingerprint density at radius 3 is 2.24 bits per heavy atom. The van der Waals surface area contributed by atoms with Crippen LogP contribution in [0.3, 0.4) is 0 Å². The first kappa shape index (κ1) is 28.7. The number of hydrogen-bond donors (Lipinski definition) is 2. The van der Waals surface area contributed by atoms with Crippen LogP contribution in [0.25, 0.3) is 11.4 Å². The fourth-order valence-corrected chi connectivity index (χ4v) is 5.07. The predicted octanol–water partition coefficient (Wildman–Crippen LogP) is 2.14. The maximum atomic E-state index is 13.5. The van der Waals surface area contributed by atoms with Crippen LogP contribution in [0.5, 0.6) is 5.75 Å². The second-order valence-corrected chi connectivity index (χ2v) is 11.2. The summed E-state index contributed by atoms with van der Waals surface area (Å²) in [5.74, 6) is -2.04. The van der Waals surface area contributed by atoms with Crippen LogP contribution in [0.1, 0.15) is 53.1 Å². The summed E-state index contributed by atoms with van der Waals surface area (Å²) in [4.78, 5) is 68.4. The molecule has 0 bridgehead atoms. The summed E-state index contributed by atoms with van der Waals surface area (Å²) in [6.07, 6.45) is 4.31. The lowest BCUT2D eigenvalue weighted by Gasteiger charge is -2.34. The van der Waals surface area contributed by atoms with Crippen molar-refractivity contribution in [3.05, 3.63) is 65.7 Å². The number of amides is 3. The number of anilines is 1. The highest BCUT2D eigenvalue weighted by atomic mass is 16.5. The van der Waals surface area contributed by atoms with Crippen LogP contribution < -0.4 is 15.4 Å². The standard InChI is InChI=1S/C30H33N7O5/c1-30(2,3)35-27(39)21-16-31-20(15-32-21)24-25-23(22(42-4)17-34-24)19(14-33-25)26(38)29(41)37-12-10-36(11-13-37)28(40)18-8-6-5-7-9-18/h5-9,15-17,19,33H,10-14H2,1-4H3,(H,35,39). The van der Waals surface area contributed by atoms with Crippen LogP contribution in [-0.4, -0.2) is 93.6 Å². The number of nitrogens with one attached hydrogen (secondary N) is 2. The van der Waals surface area contributed by atoms with E-state index in [1.807, 2.05) is 39.0 Å². The first-order valence-electron chi connectivity index (χ1n) is 13.7. The molecule has 12 heteroatoms. The molecule has 3 amide bonds. The average Bonchev–Trinajstić information content (AvgIpc) is 3.45. The van der Waals surface area contributed by atoms with Gasteiger partial charge < -0.3 is 25.2 Å². The molecule has 1 aromatic carbocycles. The Labute approximate surface area is 243 Å². The van der Waals surface area contributed by atoms with Crippen molar-refractivity contribution in [1.29, 1.82) is 0 Å². The fraction of sp³-hybridized carbons (Fsp3) is 0.367. The predicted molar refractivity (Wildman–Crippen MR) is 154 cm³/mol. The summed E-state index contributed by atoms with van der Waals surface area (Å²) in [6, 6.07) is 8.98. The lowest BCUT2D eigenvalue weighted by molar-refractivity contribution is -0.146. The van der Waals surface area contributed by atoms with Gasteiger partial charge in [-0.05, 0) is 32.9 Å². The molecule has 0 saturated carbocycles.